The molecule has 3 aromatic rings. The molecule has 2 saturated heterocycles. The number of nitrogens with one attached hydrogen (secondary N) is 2. The summed E-state index contributed by atoms with van der Waals surface area (Å²) < 4.78 is 0. The molecule has 172 valence electrons. The molecule has 2 fully saturated rings. The molecule has 0 aliphatic carbocycles. The van der Waals surface area contributed by atoms with Gasteiger partial charge in [0.1, 0.15) is 11.5 Å². The second kappa shape index (κ2) is 9.27. The molecular weight excluding hydrogens is 418 g/mol. The first-order valence-corrected chi connectivity index (χ1v) is 11.6. The van der Waals surface area contributed by atoms with Crippen molar-refractivity contribution in [3.05, 3.63) is 58.5 Å². The molecule has 5 heterocycles. The molecular formula is C24H29N7O2. The minimum Gasteiger partial charge on any atom is -0.370 e. The summed E-state index contributed by atoms with van der Waals surface area (Å²) in [4.78, 5) is 45.4. The van der Waals surface area contributed by atoms with Gasteiger partial charge in [-0.1, -0.05) is 0 Å². The second-order valence-corrected chi connectivity index (χ2v) is 8.86. The van der Waals surface area contributed by atoms with E-state index in [9.17, 15) is 9.59 Å². The van der Waals surface area contributed by atoms with Gasteiger partial charge in [0, 0.05) is 44.8 Å². The van der Waals surface area contributed by atoms with Crippen LogP contribution in [0.4, 0.5) is 5.69 Å². The first-order chi connectivity index (χ1) is 16.1. The molecule has 9 nitrogen and oxygen atoms in total. The number of piperidine rings is 2. The third-order valence-electron chi connectivity index (χ3n) is 6.89. The van der Waals surface area contributed by atoms with Gasteiger partial charge >= 0.3 is 0 Å². The summed E-state index contributed by atoms with van der Waals surface area (Å²) in [6, 6.07) is 7.81. The Morgan fingerprint density at radius 3 is 2.73 bits per heavy atom. The molecule has 2 N–H and O–H groups in total. The third kappa shape index (κ3) is 4.45. The summed E-state index contributed by atoms with van der Waals surface area (Å²) in [5.74, 6) is 0.811. The van der Waals surface area contributed by atoms with E-state index >= 15 is 0 Å². The van der Waals surface area contributed by atoms with Gasteiger partial charge < -0.3 is 15.2 Å². The van der Waals surface area contributed by atoms with Crippen LogP contribution in [0.3, 0.4) is 0 Å². The largest absolute Gasteiger partial charge is 0.370 e. The average Bonchev–Trinajstić information content (AvgIpc) is 2.88. The Kier molecular flexibility index (Phi) is 6.04. The number of nitrogens with zero attached hydrogens (tertiary/aromatic N) is 5. The van der Waals surface area contributed by atoms with Crippen LogP contribution in [-0.4, -0.2) is 70.0 Å². The molecule has 33 heavy (non-hydrogen) atoms. The van der Waals surface area contributed by atoms with E-state index in [1.807, 2.05) is 6.07 Å². The van der Waals surface area contributed by atoms with Gasteiger partial charge in [0.25, 0.3) is 11.5 Å². The number of H-pyrrole nitrogens is 1. The summed E-state index contributed by atoms with van der Waals surface area (Å²) in [7, 11) is 1.61. The fourth-order valence-electron chi connectivity index (χ4n) is 5.07. The lowest BCUT2D eigenvalue weighted by Crippen LogP contribution is -2.48. The van der Waals surface area contributed by atoms with Crippen molar-refractivity contribution in [3.63, 3.8) is 0 Å². The van der Waals surface area contributed by atoms with Crippen molar-refractivity contribution in [2.75, 3.05) is 38.1 Å². The number of pyridine rings is 2. The Bertz CT molecular complexity index is 1190. The standard InChI is InChI=1S/C24H29N7O2/c1-25-24(33)20-7-6-18(14-27-20)30-12-8-17(9-13-30)31-11-3-4-16(15-31)21-28-22-19(23(32)29-21)5-2-10-26-22/h2,5-7,10,14,16-17H,3-4,8-9,11-13,15H2,1H3,(H,25,33)(H,26,28,29,32). The van der Waals surface area contributed by atoms with Crippen molar-refractivity contribution in [2.24, 2.45) is 0 Å². The molecule has 0 aromatic carbocycles. The lowest BCUT2D eigenvalue weighted by atomic mass is 9.93. The Hall–Kier alpha value is -3.33. The van der Waals surface area contributed by atoms with E-state index in [1.54, 1.807) is 37.6 Å². The van der Waals surface area contributed by atoms with E-state index in [2.05, 4.69) is 35.1 Å². The van der Waals surface area contributed by atoms with Crippen LogP contribution in [0.2, 0.25) is 0 Å². The van der Waals surface area contributed by atoms with Crippen LogP contribution in [-0.2, 0) is 0 Å². The predicted octanol–water partition coefficient (Wildman–Crippen LogP) is 1.92. The molecule has 9 heteroatoms. The monoisotopic (exact) mass is 447 g/mol. The van der Waals surface area contributed by atoms with Crippen molar-refractivity contribution in [3.8, 4) is 0 Å². The maximum atomic E-state index is 12.5. The van der Waals surface area contributed by atoms with Crippen LogP contribution in [0.15, 0.2) is 41.5 Å². The van der Waals surface area contributed by atoms with Gasteiger partial charge in [-0.25, -0.2) is 15.0 Å². The highest BCUT2D eigenvalue weighted by Gasteiger charge is 2.30. The molecule has 0 radical (unpaired) electrons. The van der Waals surface area contributed by atoms with Gasteiger partial charge in [-0.05, 0) is 56.5 Å². The number of amides is 1. The molecule has 0 spiro atoms. The zero-order chi connectivity index (χ0) is 22.8. The van der Waals surface area contributed by atoms with Crippen molar-refractivity contribution in [1.29, 1.82) is 0 Å². The number of rotatable bonds is 4. The van der Waals surface area contributed by atoms with Gasteiger partial charge in [-0.2, -0.15) is 0 Å². The lowest BCUT2D eigenvalue weighted by Gasteiger charge is -2.42. The van der Waals surface area contributed by atoms with Crippen molar-refractivity contribution in [2.45, 2.75) is 37.6 Å². The summed E-state index contributed by atoms with van der Waals surface area (Å²) in [6.07, 6.45) is 7.75. The second-order valence-electron chi connectivity index (χ2n) is 8.86. The fourth-order valence-corrected chi connectivity index (χ4v) is 5.07. The van der Waals surface area contributed by atoms with E-state index in [0.717, 1.165) is 63.4 Å². The number of hydrogen-bond donors (Lipinski definition) is 2. The Morgan fingerprint density at radius 1 is 1.12 bits per heavy atom. The van der Waals surface area contributed by atoms with E-state index in [4.69, 9.17) is 0 Å². The van der Waals surface area contributed by atoms with Gasteiger partial charge in [0.2, 0.25) is 0 Å². The average molecular weight is 448 g/mol. The molecule has 3 aromatic heterocycles. The minimum absolute atomic E-state index is 0.107. The highest BCUT2D eigenvalue weighted by molar-refractivity contribution is 5.92. The normalized spacial score (nSPS) is 20.2. The molecule has 0 saturated carbocycles. The number of aromatic nitrogens is 4. The Balaban J connectivity index is 1.22. The number of aromatic amines is 1. The number of carbonyl (C=O) groups is 1. The lowest BCUT2D eigenvalue weighted by molar-refractivity contribution is 0.0958. The zero-order valence-electron chi connectivity index (χ0n) is 18.8. The number of anilines is 1. The summed E-state index contributed by atoms with van der Waals surface area (Å²) in [5.41, 5.74) is 1.91. The highest BCUT2D eigenvalue weighted by Crippen LogP contribution is 2.29. The van der Waals surface area contributed by atoms with Crippen molar-refractivity contribution in [1.82, 2.24) is 30.2 Å². The van der Waals surface area contributed by atoms with E-state index in [-0.39, 0.29) is 17.4 Å². The Morgan fingerprint density at radius 2 is 1.97 bits per heavy atom. The van der Waals surface area contributed by atoms with Crippen LogP contribution in [0, 0.1) is 0 Å². The maximum absolute atomic E-state index is 12.5. The van der Waals surface area contributed by atoms with Crippen LogP contribution in [0.1, 0.15) is 47.9 Å². The molecule has 1 amide bonds. The Labute approximate surface area is 192 Å². The zero-order valence-corrected chi connectivity index (χ0v) is 18.8. The molecule has 0 bridgehead atoms. The van der Waals surface area contributed by atoms with Gasteiger partial charge in [0.15, 0.2) is 5.65 Å². The molecule has 1 atom stereocenters. The van der Waals surface area contributed by atoms with E-state index in [1.165, 1.54) is 0 Å². The van der Waals surface area contributed by atoms with Crippen LogP contribution in [0.25, 0.3) is 11.0 Å². The smallest absolute Gasteiger partial charge is 0.269 e. The van der Waals surface area contributed by atoms with Gasteiger partial charge in [-0.3, -0.25) is 14.5 Å². The van der Waals surface area contributed by atoms with Gasteiger partial charge in [-0.15, -0.1) is 0 Å². The topological polar surface area (TPSA) is 107 Å². The van der Waals surface area contributed by atoms with Crippen molar-refractivity contribution >= 4 is 22.6 Å². The molecule has 5 rings (SSSR count). The van der Waals surface area contributed by atoms with Crippen LogP contribution >= 0.6 is 0 Å². The summed E-state index contributed by atoms with van der Waals surface area (Å²) >= 11 is 0. The summed E-state index contributed by atoms with van der Waals surface area (Å²) in [6.45, 7) is 3.91. The maximum Gasteiger partial charge on any atom is 0.269 e. The van der Waals surface area contributed by atoms with E-state index in [0.29, 0.717) is 22.8 Å². The molecule has 2 aliphatic rings. The number of fused-ring (bicyclic) bond motifs is 1. The van der Waals surface area contributed by atoms with Gasteiger partial charge in [0.05, 0.1) is 17.3 Å². The first-order valence-electron chi connectivity index (χ1n) is 11.6. The molecule has 2 aliphatic heterocycles. The van der Waals surface area contributed by atoms with Crippen molar-refractivity contribution < 1.29 is 4.79 Å². The number of likely N-dealkylation sites (tertiary alicyclic amines) is 1. The summed E-state index contributed by atoms with van der Waals surface area (Å²) in [5, 5.41) is 3.14. The van der Waals surface area contributed by atoms with E-state index < -0.39 is 0 Å². The third-order valence-corrected chi connectivity index (χ3v) is 6.89. The highest BCUT2D eigenvalue weighted by atomic mass is 16.1. The van der Waals surface area contributed by atoms with Crippen LogP contribution in [0.5, 0.6) is 0 Å². The van der Waals surface area contributed by atoms with Crippen LogP contribution < -0.4 is 15.8 Å². The quantitative estimate of drug-likeness (QED) is 0.629. The minimum atomic E-state index is -0.169. The number of hydrogen-bond acceptors (Lipinski definition) is 7. The SMILES string of the molecule is CNC(=O)c1ccc(N2CCC(N3CCCC(c4nc5ncccc5c(=O)[nH]4)C3)CC2)cn1. The predicted molar refractivity (Wildman–Crippen MR) is 127 cm³/mol. The molecule has 1 unspecified atom stereocenters. The fraction of sp³-hybridized carbons (Fsp3) is 0.458. The number of carbonyl (C=O) groups excluding carboxylic acids is 1. The first kappa shape index (κ1) is 21.5.